The second kappa shape index (κ2) is 9.67. The Morgan fingerprint density at radius 2 is 1.70 bits per heavy atom. The van der Waals surface area contributed by atoms with E-state index in [4.69, 9.17) is 0 Å². The van der Waals surface area contributed by atoms with E-state index in [1.165, 1.54) is 6.26 Å². The minimum Gasteiger partial charge on any atom is -0.350 e. The van der Waals surface area contributed by atoms with E-state index in [0.717, 1.165) is 18.7 Å². The van der Waals surface area contributed by atoms with Crippen LogP contribution in [0.5, 0.6) is 0 Å². The lowest BCUT2D eigenvalue weighted by molar-refractivity contribution is 0.0935. The first-order valence-corrected chi connectivity index (χ1v) is 11.2. The number of hydrogen-bond donors (Lipinski definition) is 1. The van der Waals surface area contributed by atoms with Crippen LogP contribution in [-0.2, 0) is 15.6 Å². The van der Waals surface area contributed by atoms with Crippen LogP contribution in [0.4, 0.5) is 0 Å². The maximum absolute atomic E-state index is 12.6. The molecule has 1 amide bonds. The van der Waals surface area contributed by atoms with Crippen molar-refractivity contribution in [3.05, 3.63) is 71.3 Å². The number of rotatable bonds is 9. The number of carbonyl (C=O) groups is 1. The van der Waals surface area contributed by atoms with Crippen molar-refractivity contribution in [2.24, 2.45) is 0 Å². The third kappa shape index (κ3) is 6.48. The second-order valence-electron chi connectivity index (χ2n) is 6.63. The van der Waals surface area contributed by atoms with E-state index in [2.05, 4.69) is 36.2 Å². The SMILES string of the molecule is CCN(CC)C(CNC(=O)c1cccc(CS(C)(=O)=O)c1)c1ccccc1. The van der Waals surface area contributed by atoms with Gasteiger partial charge in [0, 0.05) is 18.4 Å². The lowest BCUT2D eigenvalue weighted by Crippen LogP contribution is -2.38. The minimum atomic E-state index is -3.14. The van der Waals surface area contributed by atoms with Crippen LogP contribution >= 0.6 is 0 Å². The maximum atomic E-state index is 12.6. The van der Waals surface area contributed by atoms with Crippen LogP contribution in [-0.4, -0.2) is 45.1 Å². The number of carbonyl (C=O) groups excluding carboxylic acids is 1. The minimum absolute atomic E-state index is 0.0692. The van der Waals surface area contributed by atoms with Gasteiger partial charge in [0.1, 0.15) is 0 Å². The third-order valence-electron chi connectivity index (χ3n) is 4.51. The van der Waals surface area contributed by atoms with Gasteiger partial charge in [-0.15, -0.1) is 0 Å². The largest absolute Gasteiger partial charge is 0.350 e. The van der Waals surface area contributed by atoms with E-state index >= 15 is 0 Å². The molecule has 0 aromatic heterocycles. The summed E-state index contributed by atoms with van der Waals surface area (Å²) in [4.78, 5) is 14.9. The van der Waals surface area contributed by atoms with E-state index in [-0.39, 0.29) is 17.7 Å². The predicted octanol–water partition coefficient (Wildman–Crippen LogP) is 3.04. The summed E-state index contributed by atoms with van der Waals surface area (Å²) in [5.74, 6) is -0.265. The molecule has 27 heavy (non-hydrogen) atoms. The monoisotopic (exact) mass is 388 g/mol. The average molecular weight is 389 g/mol. The zero-order valence-corrected chi connectivity index (χ0v) is 17.0. The Morgan fingerprint density at radius 1 is 1.04 bits per heavy atom. The molecular weight excluding hydrogens is 360 g/mol. The number of nitrogens with one attached hydrogen (secondary N) is 1. The Kier molecular flexibility index (Phi) is 7.56. The van der Waals surface area contributed by atoms with Crippen molar-refractivity contribution in [1.29, 1.82) is 0 Å². The number of benzene rings is 2. The molecule has 0 saturated heterocycles. The maximum Gasteiger partial charge on any atom is 0.251 e. The van der Waals surface area contributed by atoms with Crippen LogP contribution in [0.25, 0.3) is 0 Å². The molecule has 0 heterocycles. The lowest BCUT2D eigenvalue weighted by atomic mass is 10.0. The van der Waals surface area contributed by atoms with Crippen LogP contribution < -0.4 is 5.32 Å². The van der Waals surface area contributed by atoms with Crippen LogP contribution in [0.1, 0.15) is 41.4 Å². The summed E-state index contributed by atoms with van der Waals surface area (Å²) in [6, 6.07) is 17.0. The van der Waals surface area contributed by atoms with Gasteiger partial charge in [-0.2, -0.15) is 0 Å². The highest BCUT2D eigenvalue weighted by atomic mass is 32.2. The molecule has 0 aliphatic heterocycles. The molecule has 0 spiro atoms. The van der Waals surface area contributed by atoms with Gasteiger partial charge >= 0.3 is 0 Å². The first-order chi connectivity index (χ1) is 12.8. The first-order valence-electron chi connectivity index (χ1n) is 9.18. The summed E-state index contributed by atoms with van der Waals surface area (Å²) in [5, 5.41) is 3.01. The zero-order valence-electron chi connectivity index (χ0n) is 16.2. The molecule has 0 aliphatic carbocycles. The van der Waals surface area contributed by atoms with Crippen LogP contribution in [0.2, 0.25) is 0 Å². The second-order valence-corrected chi connectivity index (χ2v) is 8.77. The smallest absolute Gasteiger partial charge is 0.251 e. The summed E-state index contributed by atoms with van der Waals surface area (Å²) in [7, 11) is -3.14. The van der Waals surface area contributed by atoms with Crippen molar-refractivity contribution in [3.8, 4) is 0 Å². The fraction of sp³-hybridized carbons (Fsp3) is 0.381. The fourth-order valence-corrected chi connectivity index (χ4v) is 3.98. The summed E-state index contributed by atoms with van der Waals surface area (Å²) >= 11 is 0. The van der Waals surface area contributed by atoms with Gasteiger partial charge in [0.05, 0.1) is 11.8 Å². The quantitative estimate of drug-likeness (QED) is 0.717. The van der Waals surface area contributed by atoms with Gasteiger partial charge in [-0.1, -0.05) is 56.3 Å². The molecule has 0 fully saturated rings. The Balaban J connectivity index is 2.13. The van der Waals surface area contributed by atoms with E-state index in [9.17, 15) is 13.2 Å². The molecule has 0 radical (unpaired) electrons. The van der Waals surface area contributed by atoms with E-state index < -0.39 is 9.84 Å². The molecule has 5 nitrogen and oxygen atoms in total. The van der Waals surface area contributed by atoms with Crippen molar-refractivity contribution in [2.75, 3.05) is 25.9 Å². The van der Waals surface area contributed by atoms with Gasteiger partial charge in [-0.05, 0) is 36.3 Å². The molecule has 1 unspecified atom stereocenters. The fourth-order valence-electron chi connectivity index (χ4n) is 3.19. The Hall–Kier alpha value is -2.18. The summed E-state index contributed by atoms with van der Waals surface area (Å²) in [6.07, 6.45) is 1.19. The van der Waals surface area contributed by atoms with Crippen LogP contribution in [0.3, 0.4) is 0 Å². The highest BCUT2D eigenvalue weighted by Crippen LogP contribution is 2.19. The van der Waals surface area contributed by atoms with Crippen molar-refractivity contribution >= 4 is 15.7 Å². The molecule has 1 N–H and O–H groups in total. The van der Waals surface area contributed by atoms with Gasteiger partial charge in [0.2, 0.25) is 0 Å². The molecule has 1 atom stereocenters. The number of amides is 1. The Bertz CT molecular complexity index is 847. The van der Waals surface area contributed by atoms with E-state index in [0.29, 0.717) is 17.7 Å². The van der Waals surface area contributed by atoms with E-state index in [1.807, 2.05) is 18.2 Å². The van der Waals surface area contributed by atoms with E-state index in [1.54, 1.807) is 24.3 Å². The number of hydrogen-bond acceptors (Lipinski definition) is 4. The molecule has 2 aromatic rings. The van der Waals surface area contributed by atoms with Crippen LogP contribution in [0.15, 0.2) is 54.6 Å². The number of nitrogens with zero attached hydrogens (tertiary/aromatic N) is 1. The molecule has 0 saturated carbocycles. The zero-order chi connectivity index (χ0) is 19.9. The average Bonchev–Trinajstić information content (AvgIpc) is 2.64. The molecule has 2 rings (SSSR count). The van der Waals surface area contributed by atoms with Gasteiger partial charge in [-0.3, -0.25) is 9.69 Å². The van der Waals surface area contributed by atoms with Crippen molar-refractivity contribution in [1.82, 2.24) is 10.2 Å². The third-order valence-corrected chi connectivity index (χ3v) is 5.37. The molecule has 0 bridgehead atoms. The highest BCUT2D eigenvalue weighted by molar-refractivity contribution is 7.89. The molecule has 0 aliphatic rings. The molecule has 2 aromatic carbocycles. The first kappa shape index (κ1) is 21.1. The highest BCUT2D eigenvalue weighted by Gasteiger charge is 2.19. The molecule has 146 valence electrons. The summed E-state index contributed by atoms with van der Waals surface area (Å²) in [6.45, 7) is 6.47. The number of likely N-dealkylation sites (N-methyl/N-ethyl adjacent to an activating group) is 1. The summed E-state index contributed by atoms with van der Waals surface area (Å²) < 4.78 is 23.0. The summed E-state index contributed by atoms with van der Waals surface area (Å²) in [5.41, 5.74) is 2.25. The Morgan fingerprint density at radius 3 is 2.30 bits per heavy atom. The lowest BCUT2D eigenvalue weighted by Gasteiger charge is -2.30. The van der Waals surface area contributed by atoms with Crippen LogP contribution in [0, 0.1) is 0 Å². The Labute approximate surface area is 162 Å². The van der Waals surface area contributed by atoms with Gasteiger partial charge < -0.3 is 5.32 Å². The predicted molar refractivity (Wildman–Crippen MR) is 109 cm³/mol. The van der Waals surface area contributed by atoms with Gasteiger partial charge in [-0.25, -0.2) is 8.42 Å². The van der Waals surface area contributed by atoms with Crippen molar-refractivity contribution < 1.29 is 13.2 Å². The van der Waals surface area contributed by atoms with Crippen molar-refractivity contribution in [2.45, 2.75) is 25.6 Å². The molecular formula is C21H28N2O3S. The topological polar surface area (TPSA) is 66.5 Å². The normalized spacial score (nSPS) is 12.7. The molecule has 6 heteroatoms. The van der Waals surface area contributed by atoms with Crippen molar-refractivity contribution in [3.63, 3.8) is 0 Å². The van der Waals surface area contributed by atoms with Gasteiger partial charge in [0.25, 0.3) is 5.91 Å². The van der Waals surface area contributed by atoms with Gasteiger partial charge in [0.15, 0.2) is 9.84 Å². The standard InChI is InChI=1S/C21H28N2O3S/c1-4-23(5-2)20(18-11-7-6-8-12-18)15-22-21(24)19-13-9-10-17(14-19)16-27(3,25)26/h6-14,20H,4-5,15-16H2,1-3H3,(H,22,24). The number of sulfone groups is 1.